The Balaban J connectivity index is 1.54. The van der Waals surface area contributed by atoms with Crippen LogP contribution in [0.4, 0.5) is 5.69 Å². The van der Waals surface area contributed by atoms with E-state index in [0.29, 0.717) is 12.0 Å². The number of fused-ring (bicyclic) bond motifs is 1. The van der Waals surface area contributed by atoms with Crippen LogP contribution in [0, 0.1) is 35.5 Å². The Morgan fingerprint density at radius 3 is 2.17 bits per heavy atom. The Hall–Kier alpha value is -7.41. The molecule has 8 amide bonds. The van der Waals surface area contributed by atoms with E-state index < -0.39 is 113 Å². The van der Waals surface area contributed by atoms with E-state index in [1.165, 1.54) is 37.4 Å². The van der Waals surface area contributed by atoms with Gasteiger partial charge < -0.3 is 35.8 Å². The van der Waals surface area contributed by atoms with Gasteiger partial charge in [-0.25, -0.2) is 4.98 Å². The fourth-order valence-corrected chi connectivity index (χ4v) is 9.33. The molecular formula is C51H69N9O15S. The summed E-state index contributed by atoms with van der Waals surface area (Å²) in [4.78, 5) is 164. The van der Waals surface area contributed by atoms with Crippen molar-refractivity contribution >= 4 is 88.0 Å². The number of imide groups is 1. The van der Waals surface area contributed by atoms with Crippen molar-refractivity contribution in [3.05, 3.63) is 52.0 Å². The van der Waals surface area contributed by atoms with E-state index in [2.05, 4.69) is 15.6 Å². The van der Waals surface area contributed by atoms with Gasteiger partial charge in [-0.3, -0.25) is 78.2 Å². The second kappa shape index (κ2) is 26.4. The molecule has 0 saturated carbocycles. The normalized spacial score (nSPS) is 17.9. The highest BCUT2D eigenvalue weighted by atomic mass is 32.1. The minimum atomic E-state index is -2.21. The van der Waals surface area contributed by atoms with Gasteiger partial charge in [0, 0.05) is 75.3 Å². The van der Waals surface area contributed by atoms with Gasteiger partial charge in [0.2, 0.25) is 23.6 Å². The van der Waals surface area contributed by atoms with Crippen LogP contribution < -0.4 is 32.0 Å². The fraction of sp³-hybridized carbons (Fsp3) is 0.549. The zero-order valence-corrected chi connectivity index (χ0v) is 45.4. The Morgan fingerprint density at radius 1 is 0.961 bits per heavy atom. The van der Waals surface area contributed by atoms with Gasteiger partial charge in [0.15, 0.2) is 23.6 Å². The van der Waals surface area contributed by atoms with E-state index in [1.807, 2.05) is 57.3 Å². The summed E-state index contributed by atoms with van der Waals surface area (Å²) in [5, 5.41) is 16.8. The van der Waals surface area contributed by atoms with E-state index in [9.17, 15) is 62.6 Å². The largest absolute Gasteiger partial charge is 0.481 e. The number of amides is 8. The third-order valence-corrected chi connectivity index (χ3v) is 14.8. The van der Waals surface area contributed by atoms with Crippen LogP contribution in [0.1, 0.15) is 115 Å². The molecule has 0 radical (unpaired) electrons. The first kappa shape index (κ1) is 61.1. The molecule has 2 aliphatic rings. The summed E-state index contributed by atoms with van der Waals surface area (Å²) in [5.74, 6) is -16.9. The third-order valence-electron chi connectivity index (χ3n) is 13.9. The number of aliphatic carboxylic acids is 1. The number of rotatable bonds is 25. The molecule has 1 aromatic carbocycles. The summed E-state index contributed by atoms with van der Waals surface area (Å²) in [6.07, 6.45) is 1.17. The summed E-state index contributed by atoms with van der Waals surface area (Å²) in [6, 6.07) is 2.63. The van der Waals surface area contributed by atoms with E-state index >= 15 is 0 Å². The van der Waals surface area contributed by atoms with Crippen molar-refractivity contribution in [2.45, 2.75) is 118 Å². The second-order valence-corrected chi connectivity index (χ2v) is 21.0. The molecule has 0 saturated heterocycles. The number of anilines is 1. The highest BCUT2D eigenvalue weighted by molar-refractivity contribution is 7.09. The second-order valence-electron chi connectivity index (χ2n) is 20.1. The lowest BCUT2D eigenvalue weighted by Crippen LogP contribution is -2.54. The van der Waals surface area contributed by atoms with Crippen molar-refractivity contribution in [2.24, 2.45) is 41.2 Å². The number of carboxylic acid groups (broad SMARTS) is 1. The number of hydrazine groups is 1. The molecule has 25 heteroatoms. The number of benzene rings is 1. The average molecular weight is 1080 g/mol. The van der Waals surface area contributed by atoms with Gasteiger partial charge in [-0.15, -0.1) is 11.3 Å². The van der Waals surface area contributed by atoms with Crippen molar-refractivity contribution in [1.82, 2.24) is 35.9 Å². The number of esters is 2. The number of carboxylic acids is 1. The minimum absolute atomic E-state index is 0.0273. The highest BCUT2D eigenvalue weighted by Gasteiger charge is 2.47. The number of Topliss-reactive ketones (excluding diaryl/α,β-unsaturated/α-hetero) is 1. The molecule has 3 heterocycles. The number of likely N-dealkylation sites (N-methyl/N-ethyl adjacent to an activating group) is 1. The molecule has 1 aromatic heterocycles. The topological polar surface area (TPSA) is 340 Å². The molecule has 8 atom stereocenters. The molecule has 4 rings (SSSR count). The van der Waals surface area contributed by atoms with Gasteiger partial charge >= 0.3 is 17.9 Å². The van der Waals surface area contributed by atoms with Crippen LogP contribution >= 0.6 is 11.3 Å². The molecule has 414 valence electrons. The quantitative estimate of drug-likeness (QED) is 0.0272. The van der Waals surface area contributed by atoms with Gasteiger partial charge in [0.05, 0.1) is 17.1 Å². The Bertz CT molecular complexity index is 2610. The maximum Gasteiger partial charge on any atom is 0.325 e. The predicted molar refractivity (Wildman–Crippen MR) is 273 cm³/mol. The van der Waals surface area contributed by atoms with E-state index in [0.717, 1.165) is 28.4 Å². The van der Waals surface area contributed by atoms with Gasteiger partial charge in [-0.1, -0.05) is 47.1 Å². The molecule has 24 nitrogen and oxygen atoms in total. The maximum absolute atomic E-state index is 14.4. The number of nitrogens with two attached hydrogens (primary N) is 1. The molecule has 0 aliphatic carbocycles. The summed E-state index contributed by atoms with van der Waals surface area (Å²) in [6.45, 7) is 13.7. The molecule has 0 spiro atoms. The lowest BCUT2D eigenvalue weighted by Gasteiger charge is -2.38. The monoisotopic (exact) mass is 1080 g/mol. The number of carbonyl (C=O) groups excluding carboxylic acids is 11. The number of nitrogens with one attached hydrogen (secondary N) is 4. The molecule has 0 bridgehead atoms. The molecule has 3 unspecified atom stereocenters. The number of ether oxygens (including phenoxy) is 2. The molecule has 2 aromatic rings. The Kier molecular flexibility index (Phi) is 21.2. The third kappa shape index (κ3) is 15.6. The minimum Gasteiger partial charge on any atom is -0.481 e. The number of carbonyl (C=O) groups is 12. The van der Waals surface area contributed by atoms with Gasteiger partial charge in [-0.05, 0) is 70.3 Å². The smallest absolute Gasteiger partial charge is 0.325 e. The van der Waals surface area contributed by atoms with Crippen molar-refractivity contribution in [1.29, 1.82) is 0 Å². The van der Waals surface area contributed by atoms with Crippen LogP contribution in [0.15, 0.2) is 35.7 Å². The number of hydrogen-bond acceptors (Lipinski definition) is 17. The summed E-state index contributed by atoms with van der Waals surface area (Å²) in [5.41, 5.74) is 8.75. The number of hydrogen-bond donors (Lipinski definition) is 6. The number of thiazole rings is 1. The van der Waals surface area contributed by atoms with Crippen molar-refractivity contribution < 1.29 is 72.1 Å². The molecule has 2 aliphatic heterocycles. The fourth-order valence-electron chi connectivity index (χ4n) is 8.49. The van der Waals surface area contributed by atoms with Crippen molar-refractivity contribution in [3.8, 4) is 5.75 Å². The number of nitrogens with zero attached hydrogens (tertiary/aromatic N) is 4. The highest BCUT2D eigenvalue weighted by Crippen LogP contribution is 2.35. The van der Waals surface area contributed by atoms with E-state index in [4.69, 9.17) is 15.2 Å². The van der Waals surface area contributed by atoms with Crippen molar-refractivity contribution in [2.75, 3.05) is 33.0 Å². The van der Waals surface area contributed by atoms with Gasteiger partial charge in [0.1, 0.15) is 16.6 Å². The lowest BCUT2D eigenvalue weighted by atomic mass is 9.81. The first-order valence-electron chi connectivity index (χ1n) is 24.7. The molecular weight excluding hydrogens is 1010 g/mol. The standard InChI is InChI=1S/C51H69N9O15S/c1-12-26(4)31(22-37(62)51(7,8)58(9)10)48(70)59(11)34(25(2)3)23-36(74-28(6)61)47-55-33(24-76-47)44(67)53-30(19-27(5)49(71)72)20-29-13-14-35-32(21-29)54-45(68)41(43(52)66)42(50(73)75-35)46(69)57-56-38(63)17-18-60-39(64)15-16-40(60)65/h13-16,21,24-27,30-31,34,36,41-42H,12,17-20,22-23H2,1-11H3,(H2,52,66)(H,53,67)(H,54,68)(H,56,63)(H,57,69)(H,71,72)/t26-,27?,30+,31-,34+,36+,41?,42?/m0/s1. The SMILES string of the molecule is CC[C@H](C)[C@H](CC(=O)C(C)(C)N(C)C)C(=O)N(C)[C@H](C[C@@H](OC(C)=O)c1nc(C(=O)N[C@@H](Cc2ccc3c(c2)NC(=O)C(C(N)=O)C(C(=O)NNC(=O)CCN2C(=O)C=CC2=O)C(=O)O3)CC(C)C(=O)O)cs1)C(C)C. The predicted octanol–water partition coefficient (Wildman–Crippen LogP) is 2.07. The number of ketones is 1. The van der Waals surface area contributed by atoms with Crippen LogP contribution in [-0.4, -0.2) is 141 Å². The Labute approximate surface area is 444 Å². The van der Waals surface area contributed by atoms with E-state index in [-0.39, 0.29) is 77.9 Å². The van der Waals surface area contributed by atoms with Crippen LogP contribution in [0.2, 0.25) is 0 Å². The molecule has 0 fully saturated rings. The summed E-state index contributed by atoms with van der Waals surface area (Å²) < 4.78 is 11.2. The first-order chi connectivity index (χ1) is 35.5. The molecule has 76 heavy (non-hydrogen) atoms. The van der Waals surface area contributed by atoms with Crippen LogP contribution in [0.25, 0.3) is 0 Å². The van der Waals surface area contributed by atoms with E-state index in [1.54, 1.807) is 26.0 Å². The summed E-state index contributed by atoms with van der Waals surface area (Å²) >= 11 is 1.04. The maximum atomic E-state index is 14.4. The van der Waals surface area contributed by atoms with Crippen molar-refractivity contribution in [3.63, 3.8) is 0 Å². The number of aromatic nitrogens is 1. The zero-order chi connectivity index (χ0) is 57.1. The zero-order valence-electron chi connectivity index (χ0n) is 44.5. The first-order valence-corrected chi connectivity index (χ1v) is 25.6. The average Bonchev–Trinajstić information content (AvgIpc) is 3.97. The molecule has 7 N–H and O–H groups in total. The van der Waals surface area contributed by atoms with Gasteiger partial charge in [-0.2, -0.15) is 0 Å². The van der Waals surface area contributed by atoms with Crippen LogP contribution in [0.3, 0.4) is 0 Å². The van der Waals surface area contributed by atoms with Crippen LogP contribution in [0.5, 0.6) is 5.75 Å². The summed E-state index contributed by atoms with van der Waals surface area (Å²) in [7, 11) is 5.27. The van der Waals surface area contributed by atoms with Gasteiger partial charge in [0.25, 0.3) is 23.6 Å². The van der Waals surface area contributed by atoms with Crippen LogP contribution in [-0.2, 0) is 63.9 Å². The Morgan fingerprint density at radius 2 is 1.61 bits per heavy atom. The number of primary amides is 1. The lowest BCUT2D eigenvalue weighted by molar-refractivity contribution is -0.154.